The van der Waals surface area contributed by atoms with Gasteiger partial charge in [-0.3, -0.25) is 0 Å². The second kappa shape index (κ2) is 16.7. The van der Waals surface area contributed by atoms with Crippen molar-refractivity contribution in [3.63, 3.8) is 0 Å². The average molecular weight is 395 g/mol. The van der Waals surface area contributed by atoms with Crippen LogP contribution < -0.4 is 9.47 Å². The van der Waals surface area contributed by atoms with Crippen LogP contribution in [0.25, 0.3) is 0 Å². The molecule has 0 aliphatic carbocycles. The van der Waals surface area contributed by atoms with Gasteiger partial charge < -0.3 is 19.3 Å². The molecule has 162 valence electrons. The minimum atomic E-state index is -0.291. The number of hydrogen-bond donors (Lipinski definition) is 1. The predicted molar refractivity (Wildman–Crippen MR) is 117 cm³/mol. The van der Waals surface area contributed by atoms with Crippen LogP contribution in [0.5, 0.6) is 11.5 Å². The Labute approximate surface area is 172 Å². The molecule has 0 fully saturated rings. The first-order valence-electron chi connectivity index (χ1n) is 11.3. The van der Waals surface area contributed by atoms with Gasteiger partial charge in [0.15, 0.2) is 0 Å². The summed E-state index contributed by atoms with van der Waals surface area (Å²) in [6.45, 7) is 7.80. The summed E-state index contributed by atoms with van der Waals surface area (Å²) in [5.74, 6) is 1.67. The molecule has 1 atom stereocenters. The van der Waals surface area contributed by atoms with Gasteiger partial charge in [-0.05, 0) is 32.4 Å². The molecule has 1 aromatic rings. The quantitative estimate of drug-likeness (QED) is 0.307. The van der Waals surface area contributed by atoms with E-state index in [-0.39, 0.29) is 12.7 Å². The summed E-state index contributed by atoms with van der Waals surface area (Å²) in [5, 5.41) is 9.30. The van der Waals surface area contributed by atoms with Crippen LogP contribution >= 0.6 is 0 Å². The maximum Gasteiger partial charge on any atom is 0.126 e. The summed E-state index contributed by atoms with van der Waals surface area (Å²) < 4.78 is 17.2. The number of aliphatic hydroxyl groups is 1. The number of benzene rings is 1. The molecule has 0 aromatic heterocycles. The van der Waals surface area contributed by atoms with Crippen LogP contribution in [-0.4, -0.2) is 37.6 Å². The molecule has 0 saturated carbocycles. The summed E-state index contributed by atoms with van der Waals surface area (Å²) >= 11 is 0. The monoisotopic (exact) mass is 394 g/mol. The first-order valence-corrected chi connectivity index (χ1v) is 11.3. The summed E-state index contributed by atoms with van der Waals surface area (Å²) in [5.41, 5.74) is 1.00. The van der Waals surface area contributed by atoms with Crippen LogP contribution in [0.4, 0.5) is 0 Å². The van der Waals surface area contributed by atoms with Crippen molar-refractivity contribution < 1.29 is 19.3 Å². The molecule has 0 aliphatic heterocycles. The SMILES string of the molecule is CCCCCCCCCCCCOc1cccc(OCC(CO)OCC)c1C. The highest BCUT2D eigenvalue weighted by Gasteiger charge is 2.11. The van der Waals surface area contributed by atoms with E-state index in [2.05, 4.69) is 6.92 Å². The van der Waals surface area contributed by atoms with Gasteiger partial charge in [-0.25, -0.2) is 0 Å². The maximum absolute atomic E-state index is 9.30. The Kier molecular flexibility index (Phi) is 14.8. The lowest BCUT2D eigenvalue weighted by atomic mass is 10.1. The van der Waals surface area contributed by atoms with Crippen molar-refractivity contribution in [2.45, 2.75) is 91.1 Å². The van der Waals surface area contributed by atoms with Crippen molar-refractivity contribution in [3.05, 3.63) is 23.8 Å². The number of unbranched alkanes of at least 4 members (excludes halogenated alkanes) is 9. The van der Waals surface area contributed by atoms with Gasteiger partial charge in [0.25, 0.3) is 0 Å². The van der Waals surface area contributed by atoms with E-state index in [9.17, 15) is 5.11 Å². The molecule has 0 radical (unpaired) electrons. The Balaban J connectivity index is 2.19. The van der Waals surface area contributed by atoms with E-state index in [1.165, 1.54) is 57.8 Å². The van der Waals surface area contributed by atoms with Crippen molar-refractivity contribution in [2.75, 3.05) is 26.4 Å². The fourth-order valence-corrected chi connectivity index (χ4v) is 3.25. The van der Waals surface area contributed by atoms with Crippen molar-refractivity contribution in [1.82, 2.24) is 0 Å². The van der Waals surface area contributed by atoms with E-state index < -0.39 is 0 Å². The standard InChI is InChI=1S/C24H42O4/c1-4-6-7-8-9-10-11-12-13-14-18-27-23-16-15-17-24(21(23)3)28-20-22(19-25)26-5-2/h15-17,22,25H,4-14,18-20H2,1-3H3. The predicted octanol–water partition coefficient (Wildman–Crippen LogP) is 6.07. The Bertz CT molecular complexity index is 489. The molecular formula is C24H42O4. The smallest absolute Gasteiger partial charge is 0.126 e. The highest BCUT2D eigenvalue weighted by molar-refractivity contribution is 5.43. The summed E-state index contributed by atoms with van der Waals surface area (Å²) in [4.78, 5) is 0. The first kappa shape index (κ1) is 24.8. The van der Waals surface area contributed by atoms with Gasteiger partial charge >= 0.3 is 0 Å². The van der Waals surface area contributed by atoms with Gasteiger partial charge in [0.2, 0.25) is 0 Å². The normalized spacial score (nSPS) is 12.1. The van der Waals surface area contributed by atoms with Crippen LogP contribution in [0.2, 0.25) is 0 Å². The zero-order valence-corrected chi connectivity index (χ0v) is 18.4. The van der Waals surface area contributed by atoms with E-state index >= 15 is 0 Å². The molecular weight excluding hydrogens is 352 g/mol. The fraction of sp³-hybridized carbons (Fsp3) is 0.750. The van der Waals surface area contributed by atoms with Crippen molar-refractivity contribution in [2.24, 2.45) is 0 Å². The second-order valence-electron chi connectivity index (χ2n) is 7.48. The van der Waals surface area contributed by atoms with Gasteiger partial charge in [0, 0.05) is 12.2 Å². The molecule has 28 heavy (non-hydrogen) atoms. The Morgan fingerprint density at radius 1 is 0.821 bits per heavy atom. The fourth-order valence-electron chi connectivity index (χ4n) is 3.25. The van der Waals surface area contributed by atoms with E-state index in [1.54, 1.807) is 0 Å². The van der Waals surface area contributed by atoms with E-state index in [4.69, 9.17) is 14.2 Å². The number of ether oxygens (including phenoxy) is 3. The number of rotatable bonds is 18. The molecule has 1 unspecified atom stereocenters. The van der Waals surface area contributed by atoms with Crippen molar-refractivity contribution in [1.29, 1.82) is 0 Å². The molecule has 0 heterocycles. The van der Waals surface area contributed by atoms with Gasteiger partial charge in [-0.15, -0.1) is 0 Å². The molecule has 1 N–H and O–H groups in total. The number of aliphatic hydroxyl groups excluding tert-OH is 1. The minimum Gasteiger partial charge on any atom is -0.493 e. The molecule has 0 amide bonds. The van der Waals surface area contributed by atoms with Gasteiger partial charge in [0.1, 0.15) is 24.2 Å². The molecule has 1 aromatic carbocycles. The van der Waals surface area contributed by atoms with Crippen molar-refractivity contribution >= 4 is 0 Å². The zero-order valence-electron chi connectivity index (χ0n) is 18.4. The molecule has 0 spiro atoms. The number of hydrogen-bond acceptors (Lipinski definition) is 4. The lowest BCUT2D eigenvalue weighted by Crippen LogP contribution is -2.25. The summed E-state index contributed by atoms with van der Waals surface area (Å²) in [6.07, 6.45) is 13.0. The average Bonchev–Trinajstić information content (AvgIpc) is 2.71. The lowest BCUT2D eigenvalue weighted by Gasteiger charge is -2.17. The summed E-state index contributed by atoms with van der Waals surface area (Å²) in [6, 6.07) is 5.87. The van der Waals surface area contributed by atoms with Gasteiger partial charge in [-0.1, -0.05) is 70.8 Å². The Morgan fingerprint density at radius 3 is 1.96 bits per heavy atom. The topological polar surface area (TPSA) is 47.9 Å². The van der Waals surface area contributed by atoms with E-state index in [0.717, 1.165) is 30.1 Å². The largest absolute Gasteiger partial charge is 0.493 e. The van der Waals surface area contributed by atoms with Gasteiger partial charge in [0.05, 0.1) is 13.2 Å². The highest BCUT2D eigenvalue weighted by Crippen LogP contribution is 2.28. The first-order chi connectivity index (χ1) is 13.7. The molecule has 0 aliphatic rings. The van der Waals surface area contributed by atoms with E-state index in [1.807, 2.05) is 32.0 Å². The molecule has 0 bridgehead atoms. The molecule has 1 rings (SSSR count). The van der Waals surface area contributed by atoms with Crippen LogP contribution in [0, 0.1) is 6.92 Å². The summed E-state index contributed by atoms with van der Waals surface area (Å²) in [7, 11) is 0. The highest BCUT2D eigenvalue weighted by atomic mass is 16.5. The minimum absolute atomic E-state index is 0.0399. The third-order valence-electron chi connectivity index (χ3n) is 5.02. The zero-order chi connectivity index (χ0) is 20.5. The van der Waals surface area contributed by atoms with Gasteiger partial charge in [-0.2, -0.15) is 0 Å². The maximum atomic E-state index is 9.30. The Hall–Kier alpha value is -1.26. The Morgan fingerprint density at radius 2 is 1.39 bits per heavy atom. The molecule has 4 heteroatoms. The van der Waals surface area contributed by atoms with Crippen LogP contribution in [0.15, 0.2) is 18.2 Å². The second-order valence-corrected chi connectivity index (χ2v) is 7.48. The van der Waals surface area contributed by atoms with Crippen LogP contribution in [0.1, 0.15) is 83.6 Å². The third-order valence-corrected chi connectivity index (χ3v) is 5.02. The van der Waals surface area contributed by atoms with Crippen LogP contribution in [0.3, 0.4) is 0 Å². The molecule has 4 nitrogen and oxygen atoms in total. The van der Waals surface area contributed by atoms with Crippen LogP contribution in [-0.2, 0) is 4.74 Å². The molecule has 0 saturated heterocycles. The van der Waals surface area contributed by atoms with Crippen molar-refractivity contribution in [3.8, 4) is 11.5 Å². The lowest BCUT2D eigenvalue weighted by molar-refractivity contribution is -0.00780. The third kappa shape index (κ3) is 10.9. The van der Waals surface area contributed by atoms with E-state index in [0.29, 0.717) is 13.2 Å².